The van der Waals surface area contributed by atoms with Crippen molar-refractivity contribution in [1.82, 2.24) is 5.32 Å². The zero-order valence-electron chi connectivity index (χ0n) is 7.51. The first-order valence-corrected chi connectivity index (χ1v) is 4.66. The van der Waals surface area contributed by atoms with Gasteiger partial charge in [-0.15, -0.1) is 11.3 Å². The van der Waals surface area contributed by atoms with Gasteiger partial charge in [-0.2, -0.15) is 0 Å². The quantitative estimate of drug-likeness (QED) is 0.513. The molecule has 0 aliphatic carbocycles. The van der Waals surface area contributed by atoms with Crippen LogP contribution in [0, 0.1) is 6.92 Å². The average Bonchev–Trinajstić information content (AvgIpc) is 2.47. The number of aliphatic imine (C=N–C) groups is 1. The fourth-order valence-corrected chi connectivity index (χ4v) is 1.63. The van der Waals surface area contributed by atoms with Gasteiger partial charge in [-0.25, -0.2) is 0 Å². The lowest BCUT2D eigenvalue weighted by molar-refractivity contribution is 1.14. The molecule has 3 nitrogen and oxygen atoms in total. The van der Waals surface area contributed by atoms with Crippen LogP contribution in [0.4, 0.5) is 5.69 Å². The molecule has 0 aliphatic heterocycles. The van der Waals surface area contributed by atoms with Crippen LogP contribution in [0.25, 0.3) is 0 Å². The first-order chi connectivity index (χ1) is 5.77. The van der Waals surface area contributed by atoms with Crippen LogP contribution in [0.15, 0.2) is 15.8 Å². The van der Waals surface area contributed by atoms with Gasteiger partial charge in [-0.3, -0.25) is 4.99 Å². The molecule has 1 rings (SSSR count). The Morgan fingerprint density at radius 2 is 2.25 bits per heavy atom. The number of nitrogens with one attached hydrogen (secondary N) is 2. The van der Waals surface area contributed by atoms with Gasteiger partial charge < -0.3 is 10.6 Å². The second kappa shape index (κ2) is 4.11. The molecule has 0 bridgehead atoms. The van der Waals surface area contributed by atoms with E-state index in [0.717, 1.165) is 11.6 Å². The molecule has 0 atom stereocenters. The summed E-state index contributed by atoms with van der Waals surface area (Å²) in [6, 6.07) is 0. The van der Waals surface area contributed by atoms with Crippen LogP contribution in [0.2, 0.25) is 0 Å². The molecule has 0 fully saturated rings. The highest BCUT2D eigenvalue weighted by Crippen LogP contribution is 2.18. The summed E-state index contributed by atoms with van der Waals surface area (Å²) in [5.74, 6) is 0.788. The molecule has 4 heteroatoms. The Kier molecular flexibility index (Phi) is 3.10. The van der Waals surface area contributed by atoms with Crippen molar-refractivity contribution in [2.45, 2.75) is 6.92 Å². The van der Waals surface area contributed by atoms with Crippen LogP contribution in [0.3, 0.4) is 0 Å². The number of hydrogen-bond donors (Lipinski definition) is 2. The number of thiophene rings is 1. The molecular formula is C8H13N3S. The van der Waals surface area contributed by atoms with Crippen LogP contribution in [0.5, 0.6) is 0 Å². The molecule has 0 saturated carbocycles. The largest absolute Gasteiger partial charge is 0.359 e. The number of rotatable bonds is 1. The van der Waals surface area contributed by atoms with Crippen molar-refractivity contribution in [2.24, 2.45) is 4.99 Å². The number of nitrogens with zero attached hydrogens (tertiary/aromatic N) is 1. The molecule has 2 N–H and O–H groups in total. The first-order valence-electron chi connectivity index (χ1n) is 3.72. The van der Waals surface area contributed by atoms with Crippen LogP contribution >= 0.6 is 11.3 Å². The normalized spacial score (nSPS) is 11.4. The minimum atomic E-state index is 0.788. The molecule has 1 aromatic rings. The lowest BCUT2D eigenvalue weighted by Gasteiger charge is -2.06. The molecule has 0 saturated heterocycles. The van der Waals surface area contributed by atoms with E-state index in [-0.39, 0.29) is 0 Å². The number of anilines is 1. The zero-order valence-corrected chi connectivity index (χ0v) is 8.33. The van der Waals surface area contributed by atoms with Gasteiger partial charge in [0.1, 0.15) is 0 Å². The van der Waals surface area contributed by atoms with E-state index in [0.29, 0.717) is 0 Å². The second-order valence-electron chi connectivity index (χ2n) is 2.42. The first kappa shape index (κ1) is 9.06. The van der Waals surface area contributed by atoms with Crippen molar-refractivity contribution < 1.29 is 0 Å². The van der Waals surface area contributed by atoms with Crippen LogP contribution in [0.1, 0.15) is 5.56 Å². The molecule has 0 spiro atoms. The molecule has 0 unspecified atom stereocenters. The zero-order chi connectivity index (χ0) is 8.97. The van der Waals surface area contributed by atoms with Crippen molar-refractivity contribution in [1.29, 1.82) is 0 Å². The second-order valence-corrected chi connectivity index (χ2v) is 3.16. The average molecular weight is 183 g/mol. The Hall–Kier alpha value is -1.03. The van der Waals surface area contributed by atoms with E-state index in [1.807, 2.05) is 7.05 Å². The molecule has 0 aliphatic rings. The number of guanidine groups is 1. The van der Waals surface area contributed by atoms with Gasteiger partial charge in [0.15, 0.2) is 5.96 Å². The third-order valence-electron chi connectivity index (χ3n) is 1.57. The Balaban J connectivity index is 2.69. The molecule has 0 aromatic carbocycles. The third kappa shape index (κ3) is 1.98. The summed E-state index contributed by atoms with van der Waals surface area (Å²) in [7, 11) is 3.59. The smallest absolute Gasteiger partial charge is 0.195 e. The van der Waals surface area contributed by atoms with Gasteiger partial charge >= 0.3 is 0 Å². The van der Waals surface area contributed by atoms with Crippen molar-refractivity contribution in [3.63, 3.8) is 0 Å². The van der Waals surface area contributed by atoms with Gasteiger partial charge in [-0.1, -0.05) is 0 Å². The SMILES string of the molecule is CN=C(NC)Nc1cscc1C. The summed E-state index contributed by atoms with van der Waals surface area (Å²) in [5.41, 5.74) is 2.37. The van der Waals surface area contributed by atoms with Crippen molar-refractivity contribution in [3.05, 3.63) is 16.3 Å². The van der Waals surface area contributed by atoms with E-state index in [4.69, 9.17) is 0 Å². The fraction of sp³-hybridized carbons (Fsp3) is 0.375. The summed E-state index contributed by atoms with van der Waals surface area (Å²) in [4.78, 5) is 4.02. The van der Waals surface area contributed by atoms with Crippen LogP contribution < -0.4 is 10.6 Å². The lowest BCUT2D eigenvalue weighted by Crippen LogP contribution is -2.26. The Morgan fingerprint density at radius 3 is 2.67 bits per heavy atom. The number of hydrogen-bond acceptors (Lipinski definition) is 2. The molecule has 12 heavy (non-hydrogen) atoms. The highest BCUT2D eigenvalue weighted by molar-refractivity contribution is 7.08. The summed E-state index contributed by atoms with van der Waals surface area (Å²) >= 11 is 1.68. The minimum absolute atomic E-state index is 0.788. The summed E-state index contributed by atoms with van der Waals surface area (Å²) in [6.45, 7) is 2.07. The standard InChI is InChI=1S/C8H13N3S/c1-6-4-12-5-7(6)11-8(9-2)10-3/h4-5H,1-3H3,(H2,9,10,11). The highest BCUT2D eigenvalue weighted by atomic mass is 32.1. The molecule has 1 heterocycles. The Bertz CT molecular complexity index is 278. The molecule has 1 aromatic heterocycles. The Labute approximate surface area is 76.5 Å². The van der Waals surface area contributed by atoms with Gasteiger partial charge in [0, 0.05) is 19.5 Å². The van der Waals surface area contributed by atoms with E-state index in [1.165, 1.54) is 5.56 Å². The van der Waals surface area contributed by atoms with Gasteiger partial charge in [-0.05, 0) is 17.9 Å². The van der Waals surface area contributed by atoms with Gasteiger partial charge in [0.2, 0.25) is 0 Å². The topological polar surface area (TPSA) is 36.4 Å². The maximum absolute atomic E-state index is 4.02. The minimum Gasteiger partial charge on any atom is -0.359 e. The summed E-state index contributed by atoms with van der Waals surface area (Å²) < 4.78 is 0. The van der Waals surface area contributed by atoms with Crippen molar-refractivity contribution >= 4 is 23.0 Å². The van der Waals surface area contributed by atoms with Crippen molar-refractivity contribution in [2.75, 3.05) is 19.4 Å². The molecular weight excluding hydrogens is 170 g/mol. The van der Waals surface area contributed by atoms with Crippen molar-refractivity contribution in [3.8, 4) is 0 Å². The van der Waals surface area contributed by atoms with E-state index in [9.17, 15) is 0 Å². The fourth-order valence-electron chi connectivity index (χ4n) is 0.846. The summed E-state index contributed by atoms with van der Waals surface area (Å²) in [5, 5.41) is 10.3. The van der Waals surface area contributed by atoms with Crippen LogP contribution in [-0.2, 0) is 0 Å². The van der Waals surface area contributed by atoms with E-state index in [2.05, 4.69) is 33.3 Å². The predicted octanol–water partition coefficient (Wildman–Crippen LogP) is 1.67. The van der Waals surface area contributed by atoms with E-state index >= 15 is 0 Å². The molecule has 66 valence electrons. The number of aryl methyl sites for hydroxylation is 1. The van der Waals surface area contributed by atoms with Crippen LogP contribution in [-0.4, -0.2) is 20.1 Å². The molecule has 0 radical (unpaired) electrons. The highest BCUT2D eigenvalue weighted by Gasteiger charge is 1.99. The lowest BCUT2D eigenvalue weighted by atomic mass is 10.3. The van der Waals surface area contributed by atoms with Gasteiger partial charge in [0.25, 0.3) is 0 Å². The maximum Gasteiger partial charge on any atom is 0.195 e. The Morgan fingerprint density at radius 1 is 1.50 bits per heavy atom. The maximum atomic E-state index is 4.02. The van der Waals surface area contributed by atoms with E-state index in [1.54, 1.807) is 18.4 Å². The van der Waals surface area contributed by atoms with Gasteiger partial charge in [0.05, 0.1) is 5.69 Å². The van der Waals surface area contributed by atoms with E-state index < -0.39 is 0 Å². The molecule has 0 amide bonds. The monoisotopic (exact) mass is 183 g/mol. The predicted molar refractivity (Wildman–Crippen MR) is 55.1 cm³/mol. The summed E-state index contributed by atoms with van der Waals surface area (Å²) in [6.07, 6.45) is 0. The third-order valence-corrected chi connectivity index (χ3v) is 2.43.